The molecule has 0 aliphatic rings. The van der Waals surface area contributed by atoms with E-state index in [1.54, 1.807) is 25.4 Å². The number of amides is 1. The number of nitrogens with zero attached hydrogens (tertiary/aromatic N) is 1. The number of nitrogen functional groups attached to an aromatic ring is 1. The van der Waals surface area contributed by atoms with Gasteiger partial charge in [0, 0.05) is 26.5 Å². The van der Waals surface area contributed by atoms with Crippen molar-refractivity contribution in [2.45, 2.75) is 20.3 Å². The molecule has 0 spiro atoms. The zero-order chi connectivity index (χ0) is 14.3. The molecule has 4 N–H and O–H groups in total. The van der Waals surface area contributed by atoms with Crippen LogP contribution >= 0.6 is 0 Å². The predicted octanol–water partition coefficient (Wildman–Crippen LogP) is 1.16. The highest BCUT2D eigenvalue weighted by molar-refractivity contribution is 5.93. The van der Waals surface area contributed by atoms with E-state index in [0.717, 1.165) is 6.42 Å². The van der Waals surface area contributed by atoms with Crippen LogP contribution in [-0.4, -0.2) is 31.2 Å². The Morgan fingerprint density at radius 3 is 2.89 bits per heavy atom. The van der Waals surface area contributed by atoms with Gasteiger partial charge in [-0.05, 0) is 24.0 Å². The average Bonchev–Trinajstić information content (AvgIpc) is 2.43. The molecule has 0 saturated heterocycles. The molecule has 1 amide bonds. The molecule has 19 heavy (non-hydrogen) atoms. The van der Waals surface area contributed by atoms with Crippen LogP contribution in [-0.2, 0) is 4.74 Å². The van der Waals surface area contributed by atoms with Crippen molar-refractivity contribution in [3.05, 3.63) is 24.0 Å². The van der Waals surface area contributed by atoms with Crippen LogP contribution in [0.4, 0.5) is 5.69 Å². The highest BCUT2D eigenvalue weighted by Crippen LogP contribution is 2.18. The molecule has 0 aliphatic heterocycles. The van der Waals surface area contributed by atoms with Crippen LogP contribution in [0.15, 0.2) is 18.3 Å². The molecule has 0 unspecified atom stereocenters. The molecule has 1 aromatic rings. The molecule has 0 fully saturated rings. The summed E-state index contributed by atoms with van der Waals surface area (Å²) in [7, 11) is 1.67. The quantitative estimate of drug-likeness (QED) is 0.509. The van der Waals surface area contributed by atoms with Crippen LogP contribution < -0.4 is 16.6 Å². The van der Waals surface area contributed by atoms with Gasteiger partial charge in [0.2, 0.25) is 0 Å². The molecule has 6 heteroatoms. The lowest BCUT2D eigenvalue weighted by molar-refractivity contribution is 0.0916. The smallest absolute Gasteiger partial charge is 0.269 e. The topological polar surface area (TPSA) is 89.3 Å². The van der Waals surface area contributed by atoms with Crippen LogP contribution in [0.1, 0.15) is 30.8 Å². The van der Waals surface area contributed by atoms with Crippen LogP contribution in [0.3, 0.4) is 0 Å². The van der Waals surface area contributed by atoms with Gasteiger partial charge in [-0.25, -0.2) is 0 Å². The summed E-state index contributed by atoms with van der Waals surface area (Å²) in [6.07, 6.45) is 2.42. The Morgan fingerprint density at radius 1 is 1.53 bits per heavy atom. The van der Waals surface area contributed by atoms with Gasteiger partial charge in [-0.1, -0.05) is 13.8 Å². The van der Waals surface area contributed by atoms with Crippen molar-refractivity contribution in [3.8, 4) is 0 Å². The van der Waals surface area contributed by atoms with E-state index in [1.807, 2.05) is 0 Å². The lowest BCUT2D eigenvalue weighted by Gasteiger charge is -2.24. The summed E-state index contributed by atoms with van der Waals surface area (Å²) in [6, 6.07) is 3.30. The van der Waals surface area contributed by atoms with E-state index in [1.165, 1.54) is 0 Å². The van der Waals surface area contributed by atoms with Crippen molar-refractivity contribution < 1.29 is 9.53 Å². The van der Waals surface area contributed by atoms with E-state index < -0.39 is 0 Å². The first-order valence-electron chi connectivity index (χ1n) is 6.18. The van der Waals surface area contributed by atoms with Gasteiger partial charge in [-0.15, -0.1) is 0 Å². The number of hydrogen-bond acceptors (Lipinski definition) is 5. The monoisotopic (exact) mass is 266 g/mol. The summed E-state index contributed by atoms with van der Waals surface area (Å²) in [5.41, 5.74) is 3.46. The fourth-order valence-corrected chi connectivity index (χ4v) is 1.52. The van der Waals surface area contributed by atoms with Crippen LogP contribution in [0, 0.1) is 5.41 Å². The van der Waals surface area contributed by atoms with E-state index in [2.05, 4.69) is 29.6 Å². The van der Waals surface area contributed by atoms with Crippen molar-refractivity contribution in [2.75, 3.05) is 25.7 Å². The van der Waals surface area contributed by atoms with Gasteiger partial charge in [0.1, 0.15) is 5.69 Å². The number of pyridine rings is 1. The van der Waals surface area contributed by atoms with E-state index in [-0.39, 0.29) is 11.3 Å². The van der Waals surface area contributed by atoms with Crippen molar-refractivity contribution in [2.24, 2.45) is 11.3 Å². The number of carbonyl (C=O) groups is 1. The molecule has 0 atom stereocenters. The molecule has 106 valence electrons. The fourth-order valence-electron chi connectivity index (χ4n) is 1.52. The minimum absolute atomic E-state index is 0.0185. The second-order valence-electron chi connectivity index (χ2n) is 5.16. The van der Waals surface area contributed by atoms with Crippen LogP contribution in [0.2, 0.25) is 0 Å². The van der Waals surface area contributed by atoms with Gasteiger partial charge in [0.25, 0.3) is 5.91 Å². The molecule has 0 saturated carbocycles. The van der Waals surface area contributed by atoms with E-state index in [4.69, 9.17) is 10.6 Å². The molecule has 1 heterocycles. The Balaban J connectivity index is 2.55. The van der Waals surface area contributed by atoms with Gasteiger partial charge in [0.05, 0.1) is 5.69 Å². The number of methoxy groups -OCH3 is 1. The first-order chi connectivity index (χ1) is 8.98. The second kappa shape index (κ2) is 7.06. The fraction of sp³-hybridized carbons (Fsp3) is 0.538. The number of nitrogens with one attached hydrogen (secondary N) is 2. The number of nitrogens with two attached hydrogens (primary N) is 1. The van der Waals surface area contributed by atoms with Crippen molar-refractivity contribution in [1.82, 2.24) is 10.3 Å². The lowest BCUT2D eigenvalue weighted by atomic mass is 9.89. The SMILES string of the molecule is COCCC(C)(C)CNC(=O)c1cc(NN)ccn1. The van der Waals surface area contributed by atoms with E-state index >= 15 is 0 Å². The molecular weight excluding hydrogens is 244 g/mol. The highest BCUT2D eigenvalue weighted by Gasteiger charge is 2.19. The molecule has 0 aliphatic carbocycles. The first-order valence-corrected chi connectivity index (χ1v) is 6.18. The van der Waals surface area contributed by atoms with Gasteiger partial charge < -0.3 is 15.5 Å². The van der Waals surface area contributed by atoms with Crippen molar-refractivity contribution in [1.29, 1.82) is 0 Å². The maximum atomic E-state index is 12.0. The Kier molecular flexibility index (Phi) is 5.72. The molecule has 0 bridgehead atoms. The third kappa shape index (κ3) is 5.23. The molecular formula is C13H22N4O2. The zero-order valence-corrected chi connectivity index (χ0v) is 11.7. The first kappa shape index (κ1) is 15.4. The summed E-state index contributed by atoms with van der Waals surface area (Å²) in [4.78, 5) is 16.0. The summed E-state index contributed by atoms with van der Waals surface area (Å²) >= 11 is 0. The number of carbonyl (C=O) groups excluding carboxylic acids is 1. The Labute approximate surface area is 113 Å². The average molecular weight is 266 g/mol. The Morgan fingerprint density at radius 2 is 2.26 bits per heavy atom. The standard InChI is InChI=1S/C13H22N4O2/c1-13(2,5-7-19-3)9-16-12(18)11-8-10(17-14)4-6-15-11/h4,6,8H,5,7,9,14H2,1-3H3,(H,15,17)(H,16,18). The number of aromatic nitrogens is 1. The largest absolute Gasteiger partial charge is 0.385 e. The number of hydrogen-bond donors (Lipinski definition) is 3. The van der Waals surface area contributed by atoms with E-state index in [9.17, 15) is 4.79 Å². The molecule has 1 aromatic heterocycles. The number of rotatable bonds is 7. The molecule has 6 nitrogen and oxygen atoms in total. The van der Waals surface area contributed by atoms with Crippen LogP contribution in [0.25, 0.3) is 0 Å². The second-order valence-corrected chi connectivity index (χ2v) is 5.16. The summed E-state index contributed by atoms with van der Waals surface area (Å²) in [5, 5.41) is 2.87. The minimum Gasteiger partial charge on any atom is -0.385 e. The minimum atomic E-state index is -0.206. The summed E-state index contributed by atoms with van der Waals surface area (Å²) in [5.74, 6) is 5.09. The Hall–Kier alpha value is -1.66. The maximum absolute atomic E-state index is 12.0. The number of anilines is 1. The van der Waals surface area contributed by atoms with Crippen molar-refractivity contribution >= 4 is 11.6 Å². The van der Waals surface area contributed by atoms with Gasteiger partial charge >= 0.3 is 0 Å². The van der Waals surface area contributed by atoms with E-state index in [0.29, 0.717) is 24.5 Å². The summed E-state index contributed by atoms with van der Waals surface area (Å²) < 4.78 is 5.05. The highest BCUT2D eigenvalue weighted by atomic mass is 16.5. The third-order valence-electron chi connectivity index (χ3n) is 2.87. The Bertz CT molecular complexity index is 421. The third-order valence-corrected chi connectivity index (χ3v) is 2.87. The molecule has 0 aromatic carbocycles. The zero-order valence-electron chi connectivity index (χ0n) is 11.7. The van der Waals surface area contributed by atoms with Gasteiger partial charge in [-0.3, -0.25) is 15.6 Å². The maximum Gasteiger partial charge on any atom is 0.269 e. The summed E-state index contributed by atoms with van der Waals surface area (Å²) in [6.45, 7) is 5.40. The number of hydrazine groups is 1. The number of ether oxygens (including phenoxy) is 1. The lowest BCUT2D eigenvalue weighted by Crippen LogP contribution is -2.35. The van der Waals surface area contributed by atoms with Crippen LogP contribution in [0.5, 0.6) is 0 Å². The predicted molar refractivity (Wildman–Crippen MR) is 74.7 cm³/mol. The van der Waals surface area contributed by atoms with Gasteiger partial charge in [0.15, 0.2) is 0 Å². The van der Waals surface area contributed by atoms with Crippen molar-refractivity contribution in [3.63, 3.8) is 0 Å². The molecule has 0 radical (unpaired) electrons. The normalized spacial score (nSPS) is 11.2. The van der Waals surface area contributed by atoms with Gasteiger partial charge in [-0.2, -0.15) is 0 Å². The molecule has 1 rings (SSSR count).